The predicted molar refractivity (Wildman–Crippen MR) is 55.6 cm³/mol. The third kappa shape index (κ3) is 7.53. The van der Waals surface area contributed by atoms with Crippen LogP contribution >= 0.6 is 0 Å². The van der Waals surface area contributed by atoms with Gasteiger partial charge < -0.3 is 10.6 Å². The van der Waals surface area contributed by atoms with Crippen molar-refractivity contribution in [1.29, 1.82) is 0 Å². The number of hydrogen-bond acceptors (Lipinski definition) is 2. The van der Waals surface area contributed by atoms with Gasteiger partial charge in [0.05, 0.1) is 0 Å². The molecule has 1 unspecified atom stereocenters. The Morgan fingerprint density at radius 2 is 2.31 bits per heavy atom. The van der Waals surface area contributed by atoms with Gasteiger partial charge in [-0.25, -0.2) is 0 Å². The fraction of sp³-hybridized carbons (Fsp3) is 0.700. The summed E-state index contributed by atoms with van der Waals surface area (Å²) in [5.41, 5.74) is 0. The molecule has 0 aromatic heterocycles. The summed E-state index contributed by atoms with van der Waals surface area (Å²) in [5, 5.41) is 5.91. The van der Waals surface area contributed by atoms with Crippen molar-refractivity contribution in [2.75, 3.05) is 13.6 Å². The zero-order valence-corrected chi connectivity index (χ0v) is 8.60. The maximum atomic E-state index is 11.2. The van der Waals surface area contributed by atoms with Gasteiger partial charge in [0, 0.05) is 12.5 Å². The highest BCUT2D eigenvalue weighted by atomic mass is 16.1. The lowest BCUT2D eigenvalue weighted by molar-refractivity contribution is -0.121. The van der Waals surface area contributed by atoms with E-state index in [1.165, 1.54) is 0 Å². The van der Waals surface area contributed by atoms with E-state index in [-0.39, 0.29) is 11.9 Å². The molecule has 76 valence electrons. The van der Waals surface area contributed by atoms with Crippen LogP contribution < -0.4 is 10.6 Å². The fourth-order valence-corrected chi connectivity index (χ4v) is 1.08. The van der Waals surface area contributed by atoms with Crippen molar-refractivity contribution < 1.29 is 4.79 Å². The van der Waals surface area contributed by atoms with Crippen molar-refractivity contribution in [3.63, 3.8) is 0 Å². The van der Waals surface area contributed by atoms with Crippen LogP contribution in [0.2, 0.25) is 0 Å². The Balaban J connectivity index is 3.43. The molecule has 0 aromatic rings. The van der Waals surface area contributed by atoms with Crippen LogP contribution in [0.1, 0.15) is 26.2 Å². The Kier molecular flexibility index (Phi) is 7.30. The number of hydrogen-bond donors (Lipinski definition) is 2. The van der Waals surface area contributed by atoms with Crippen LogP contribution in [0.15, 0.2) is 12.7 Å². The van der Waals surface area contributed by atoms with Gasteiger partial charge in [0.1, 0.15) is 0 Å². The quantitative estimate of drug-likeness (QED) is 0.459. The molecule has 0 aliphatic rings. The molecule has 0 saturated carbocycles. The number of carbonyl (C=O) groups is 1. The highest BCUT2D eigenvalue weighted by molar-refractivity contribution is 5.76. The molecular formula is C10H20N2O. The van der Waals surface area contributed by atoms with Crippen LogP contribution in [0.25, 0.3) is 0 Å². The molecule has 0 saturated heterocycles. The molecule has 2 N–H and O–H groups in total. The Labute approximate surface area is 80.6 Å². The standard InChI is InChI=1S/C10H20N2O/c1-4-6-9(2)12-10(13)7-5-8-11-3/h4,9,11H,1,5-8H2,2-3H3,(H,12,13). The lowest BCUT2D eigenvalue weighted by Crippen LogP contribution is -2.32. The van der Waals surface area contributed by atoms with Crippen LogP contribution in [0.5, 0.6) is 0 Å². The maximum Gasteiger partial charge on any atom is 0.220 e. The van der Waals surface area contributed by atoms with Crippen molar-refractivity contribution in [3.8, 4) is 0 Å². The molecule has 3 heteroatoms. The number of amides is 1. The molecule has 0 aliphatic carbocycles. The molecule has 0 heterocycles. The van der Waals surface area contributed by atoms with E-state index < -0.39 is 0 Å². The summed E-state index contributed by atoms with van der Waals surface area (Å²) in [6, 6.07) is 0.208. The first-order valence-electron chi connectivity index (χ1n) is 4.75. The van der Waals surface area contributed by atoms with Gasteiger partial charge in [-0.3, -0.25) is 4.79 Å². The first kappa shape index (κ1) is 12.2. The largest absolute Gasteiger partial charge is 0.353 e. The third-order valence-electron chi connectivity index (χ3n) is 1.76. The molecule has 0 spiro atoms. The Bertz CT molecular complexity index is 157. The van der Waals surface area contributed by atoms with E-state index in [0.717, 1.165) is 19.4 Å². The molecule has 1 atom stereocenters. The van der Waals surface area contributed by atoms with Crippen molar-refractivity contribution in [2.45, 2.75) is 32.2 Å². The average molecular weight is 184 g/mol. The lowest BCUT2D eigenvalue weighted by atomic mass is 10.2. The van der Waals surface area contributed by atoms with Gasteiger partial charge in [-0.05, 0) is 33.4 Å². The number of nitrogens with one attached hydrogen (secondary N) is 2. The smallest absolute Gasteiger partial charge is 0.220 e. The maximum absolute atomic E-state index is 11.2. The minimum absolute atomic E-state index is 0.129. The van der Waals surface area contributed by atoms with E-state index >= 15 is 0 Å². The van der Waals surface area contributed by atoms with Gasteiger partial charge in [-0.1, -0.05) is 6.08 Å². The zero-order valence-electron chi connectivity index (χ0n) is 8.60. The van der Waals surface area contributed by atoms with Crippen molar-refractivity contribution in [3.05, 3.63) is 12.7 Å². The second-order valence-corrected chi connectivity index (χ2v) is 3.20. The second kappa shape index (κ2) is 7.80. The van der Waals surface area contributed by atoms with E-state index in [0.29, 0.717) is 6.42 Å². The summed E-state index contributed by atoms with van der Waals surface area (Å²) in [4.78, 5) is 11.2. The highest BCUT2D eigenvalue weighted by Crippen LogP contribution is 1.93. The van der Waals surface area contributed by atoms with Gasteiger partial charge >= 0.3 is 0 Å². The van der Waals surface area contributed by atoms with Crippen LogP contribution in [0.3, 0.4) is 0 Å². The summed E-state index contributed by atoms with van der Waals surface area (Å²) in [6.45, 7) is 6.50. The zero-order chi connectivity index (χ0) is 10.1. The van der Waals surface area contributed by atoms with E-state index in [1.807, 2.05) is 20.0 Å². The SMILES string of the molecule is C=CCC(C)NC(=O)CCCNC. The molecule has 0 bridgehead atoms. The van der Waals surface area contributed by atoms with Crippen LogP contribution in [0.4, 0.5) is 0 Å². The molecule has 0 aromatic carbocycles. The van der Waals surface area contributed by atoms with Crippen LogP contribution in [-0.4, -0.2) is 25.5 Å². The summed E-state index contributed by atoms with van der Waals surface area (Å²) < 4.78 is 0. The molecule has 0 aliphatic heterocycles. The number of carbonyl (C=O) groups excluding carboxylic acids is 1. The van der Waals surface area contributed by atoms with Gasteiger partial charge in [0.2, 0.25) is 5.91 Å². The molecule has 1 amide bonds. The van der Waals surface area contributed by atoms with Gasteiger partial charge in [0.25, 0.3) is 0 Å². The minimum atomic E-state index is 0.129. The first-order valence-corrected chi connectivity index (χ1v) is 4.75. The minimum Gasteiger partial charge on any atom is -0.353 e. The molecule has 0 radical (unpaired) electrons. The summed E-state index contributed by atoms with van der Waals surface area (Å²) in [5.74, 6) is 0.129. The molecule has 13 heavy (non-hydrogen) atoms. The van der Waals surface area contributed by atoms with Gasteiger partial charge in [-0.15, -0.1) is 6.58 Å². The third-order valence-corrected chi connectivity index (χ3v) is 1.76. The highest BCUT2D eigenvalue weighted by Gasteiger charge is 2.04. The summed E-state index contributed by atoms with van der Waals surface area (Å²) in [6.07, 6.45) is 4.14. The van der Waals surface area contributed by atoms with Crippen LogP contribution in [-0.2, 0) is 4.79 Å². The lowest BCUT2D eigenvalue weighted by Gasteiger charge is -2.11. The summed E-state index contributed by atoms with van der Waals surface area (Å²) in [7, 11) is 1.89. The molecular weight excluding hydrogens is 164 g/mol. The topological polar surface area (TPSA) is 41.1 Å². The second-order valence-electron chi connectivity index (χ2n) is 3.20. The van der Waals surface area contributed by atoms with Crippen LogP contribution in [0, 0.1) is 0 Å². The summed E-state index contributed by atoms with van der Waals surface area (Å²) >= 11 is 0. The van der Waals surface area contributed by atoms with Gasteiger partial charge in [0.15, 0.2) is 0 Å². The molecule has 0 fully saturated rings. The normalized spacial score (nSPS) is 12.2. The van der Waals surface area contributed by atoms with E-state index in [1.54, 1.807) is 0 Å². The van der Waals surface area contributed by atoms with E-state index in [9.17, 15) is 4.79 Å². The van der Waals surface area contributed by atoms with E-state index in [2.05, 4.69) is 17.2 Å². The molecule has 3 nitrogen and oxygen atoms in total. The number of rotatable bonds is 7. The average Bonchev–Trinajstić information content (AvgIpc) is 2.05. The van der Waals surface area contributed by atoms with E-state index in [4.69, 9.17) is 0 Å². The monoisotopic (exact) mass is 184 g/mol. The van der Waals surface area contributed by atoms with Crippen molar-refractivity contribution in [1.82, 2.24) is 10.6 Å². The Morgan fingerprint density at radius 3 is 2.85 bits per heavy atom. The Hall–Kier alpha value is -0.830. The first-order chi connectivity index (χ1) is 6.20. The van der Waals surface area contributed by atoms with Crippen molar-refractivity contribution >= 4 is 5.91 Å². The van der Waals surface area contributed by atoms with Gasteiger partial charge in [-0.2, -0.15) is 0 Å². The fourth-order valence-electron chi connectivity index (χ4n) is 1.08. The Morgan fingerprint density at radius 1 is 1.62 bits per heavy atom. The van der Waals surface area contributed by atoms with Crippen molar-refractivity contribution in [2.24, 2.45) is 0 Å². The predicted octanol–water partition coefficient (Wildman–Crippen LogP) is 1.07. The molecule has 0 rings (SSSR count).